The van der Waals surface area contributed by atoms with Gasteiger partial charge in [0, 0.05) is 0 Å². The van der Waals surface area contributed by atoms with Crippen molar-refractivity contribution in [3.05, 3.63) is 17.7 Å². The molecule has 1 unspecified atom stereocenters. The lowest BCUT2D eigenvalue weighted by Crippen LogP contribution is -2.11. The Kier molecular flexibility index (Phi) is 4.17. The first-order valence-electron chi connectivity index (χ1n) is 4.76. The number of hydrogen-bond donors (Lipinski definition) is 2. The van der Waals surface area contributed by atoms with Gasteiger partial charge in [-0.05, 0) is 17.7 Å². The van der Waals surface area contributed by atoms with Gasteiger partial charge in [0.2, 0.25) is 5.75 Å². The van der Waals surface area contributed by atoms with E-state index in [2.05, 4.69) is 0 Å². The van der Waals surface area contributed by atoms with Crippen LogP contribution in [0.2, 0.25) is 0 Å². The minimum Gasteiger partial charge on any atom is -0.493 e. The number of methoxy groups -OCH3 is 3. The van der Waals surface area contributed by atoms with Crippen LogP contribution < -0.4 is 14.2 Å². The fourth-order valence-electron chi connectivity index (χ4n) is 1.40. The second kappa shape index (κ2) is 5.40. The smallest absolute Gasteiger partial charge is 0.337 e. The van der Waals surface area contributed by atoms with Crippen LogP contribution in [0.1, 0.15) is 11.7 Å². The summed E-state index contributed by atoms with van der Waals surface area (Å²) in [5.74, 6) is -0.417. The molecule has 1 aromatic rings. The molecular formula is C11H14O6. The second-order valence-corrected chi connectivity index (χ2v) is 3.20. The van der Waals surface area contributed by atoms with Crippen molar-refractivity contribution in [2.45, 2.75) is 6.10 Å². The van der Waals surface area contributed by atoms with Crippen LogP contribution >= 0.6 is 0 Å². The summed E-state index contributed by atoms with van der Waals surface area (Å²) in [4.78, 5) is 10.7. The number of carboxylic acid groups (broad SMARTS) is 1. The first-order valence-corrected chi connectivity index (χ1v) is 4.76. The summed E-state index contributed by atoms with van der Waals surface area (Å²) in [6.45, 7) is 0. The van der Waals surface area contributed by atoms with Gasteiger partial charge in [-0.1, -0.05) is 0 Å². The Morgan fingerprint density at radius 2 is 1.59 bits per heavy atom. The number of benzene rings is 1. The van der Waals surface area contributed by atoms with Gasteiger partial charge in [0.15, 0.2) is 17.6 Å². The van der Waals surface area contributed by atoms with Crippen LogP contribution in [-0.4, -0.2) is 37.5 Å². The van der Waals surface area contributed by atoms with Crippen molar-refractivity contribution in [3.8, 4) is 17.2 Å². The quantitative estimate of drug-likeness (QED) is 0.795. The summed E-state index contributed by atoms with van der Waals surface area (Å²) in [6.07, 6.45) is -1.64. The normalized spacial score (nSPS) is 11.8. The SMILES string of the molecule is COc1cc(C(O)C(=O)O)cc(OC)c1OC. The van der Waals surface area contributed by atoms with Gasteiger partial charge in [0.1, 0.15) is 0 Å². The summed E-state index contributed by atoms with van der Waals surface area (Å²) < 4.78 is 15.2. The van der Waals surface area contributed by atoms with E-state index in [1.165, 1.54) is 33.5 Å². The van der Waals surface area contributed by atoms with Crippen LogP contribution in [0, 0.1) is 0 Å². The molecule has 0 heterocycles. The number of carbonyl (C=O) groups is 1. The molecule has 94 valence electrons. The van der Waals surface area contributed by atoms with Crippen molar-refractivity contribution in [2.24, 2.45) is 0 Å². The minimum atomic E-state index is -1.64. The van der Waals surface area contributed by atoms with Gasteiger partial charge in [-0.2, -0.15) is 0 Å². The van der Waals surface area contributed by atoms with Crippen molar-refractivity contribution >= 4 is 5.97 Å². The number of aliphatic hydroxyl groups excluding tert-OH is 1. The minimum absolute atomic E-state index is 0.159. The maximum absolute atomic E-state index is 10.7. The van der Waals surface area contributed by atoms with Crippen LogP contribution in [0.3, 0.4) is 0 Å². The van der Waals surface area contributed by atoms with Gasteiger partial charge in [-0.25, -0.2) is 4.79 Å². The number of aliphatic carboxylic acids is 1. The van der Waals surface area contributed by atoms with Crippen LogP contribution in [0.25, 0.3) is 0 Å². The first kappa shape index (κ1) is 13.1. The Labute approximate surface area is 98.3 Å². The topological polar surface area (TPSA) is 85.2 Å². The van der Waals surface area contributed by atoms with E-state index < -0.39 is 12.1 Å². The van der Waals surface area contributed by atoms with E-state index in [0.717, 1.165) is 0 Å². The van der Waals surface area contributed by atoms with Crippen molar-refractivity contribution in [3.63, 3.8) is 0 Å². The van der Waals surface area contributed by atoms with E-state index in [1.807, 2.05) is 0 Å². The molecule has 0 aliphatic carbocycles. The summed E-state index contributed by atoms with van der Waals surface area (Å²) >= 11 is 0. The monoisotopic (exact) mass is 242 g/mol. The van der Waals surface area contributed by atoms with E-state index in [9.17, 15) is 9.90 Å². The number of carboxylic acids is 1. The lowest BCUT2D eigenvalue weighted by molar-refractivity contribution is -0.146. The van der Waals surface area contributed by atoms with Gasteiger partial charge in [-0.15, -0.1) is 0 Å². The van der Waals surface area contributed by atoms with Crippen LogP contribution in [0.15, 0.2) is 12.1 Å². The third-order valence-corrected chi connectivity index (χ3v) is 2.24. The molecule has 1 atom stereocenters. The van der Waals surface area contributed by atoms with E-state index in [-0.39, 0.29) is 5.56 Å². The molecule has 0 saturated heterocycles. The molecule has 0 spiro atoms. The van der Waals surface area contributed by atoms with Crippen LogP contribution in [0.5, 0.6) is 17.2 Å². The molecular weight excluding hydrogens is 228 g/mol. The van der Waals surface area contributed by atoms with Crippen LogP contribution in [0.4, 0.5) is 0 Å². The van der Waals surface area contributed by atoms with Crippen molar-refractivity contribution in [2.75, 3.05) is 21.3 Å². The predicted octanol–water partition coefficient (Wildman–Crippen LogP) is 0.830. The van der Waals surface area contributed by atoms with Crippen LogP contribution in [-0.2, 0) is 4.79 Å². The summed E-state index contributed by atoms with van der Waals surface area (Å²) in [7, 11) is 4.26. The molecule has 0 bridgehead atoms. The van der Waals surface area contributed by atoms with E-state index >= 15 is 0 Å². The third kappa shape index (κ3) is 2.59. The molecule has 6 nitrogen and oxygen atoms in total. The number of rotatable bonds is 5. The summed E-state index contributed by atoms with van der Waals surface area (Å²) in [6, 6.07) is 2.78. The average molecular weight is 242 g/mol. The zero-order valence-corrected chi connectivity index (χ0v) is 9.76. The van der Waals surface area contributed by atoms with Gasteiger partial charge < -0.3 is 24.4 Å². The highest BCUT2D eigenvalue weighted by Crippen LogP contribution is 2.39. The standard InChI is InChI=1S/C11H14O6/c1-15-7-4-6(9(12)11(13)14)5-8(16-2)10(7)17-3/h4-5,9,12H,1-3H3,(H,13,14). The van der Waals surface area contributed by atoms with Gasteiger partial charge in [0.05, 0.1) is 21.3 Å². The number of aliphatic hydroxyl groups is 1. The van der Waals surface area contributed by atoms with Gasteiger partial charge >= 0.3 is 5.97 Å². The molecule has 0 fully saturated rings. The Morgan fingerprint density at radius 1 is 1.12 bits per heavy atom. The Morgan fingerprint density at radius 3 is 1.88 bits per heavy atom. The number of ether oxygens (including phenoxy) is 3. The lowest BCUT2D eigenvalue weighted by Gasteiger charge is -2.15. The van der Waals surface area contributed by atoms with Gasteiger partial charge in [0.25, 0.3) is 0 Å². The van der Waals surface area contributed by atoms with Crippen molar-refractivity contribution in [1.82, 2.24) is 0 Å². The predicted molar refractivity (Wildman–Crippen MR) is 58.7 cm³/mol. The molecule has 0 amide bonds. The molecule has 1 aromatic carbocycles. The maximum atomic E-state index is 10.7. The van der Waals surface area contributed by atoms with Gasteiger partial charge in [-0.3, -0.25) is 0 Å². The highest BCUT2D eigenvalue weighted by atomic mass is 16.5. The highest BCUT2D eigenvalue weighted by Gasteiger charge is 2.21. The molecule has 0 aliphatic heterocycles. The molecule has 2 N–H and O–H groups in total. The zero-order valence-electron chi connectivity index (χ0n) is 9.76. The largest absolute Gasteiger partial charge is 0.493 e. The number of hydrogen-bond acceptors (Lipinski definition) is 5. The first-order chi connectivity index (χ1) is 8.04. The zero-order chi connectivity index (χ0) is 13.0. The van der Waals surface area contributed by atoms with E-state index in [4.69, 9.17) is 19.3 Å². The highest BCUT2D eigenvalue weighted by molar-refractivity contribution is 5.75. The fourth-order valence-corrected chi connectivity index (χ4v) is 1.40. The molecule has 17 heavy (non-hydrogen) atoms. The fraction of sp³-hybridized carbons (Fsp3) is 0.364. The molecule has 6 heteroatoms. The second-order valence-electron chi connectivity index (χ2n) is 3.20. The molecule has 0 radical (unpaired) electrons. The molecule has 0 saturated carbocycles. The Balaban J connectivity index is 3.31. The average Bonchev–Trinajstić information content (AvgIpc) is 2.35. The lowest BCUT2D eigenvalue weighted by atomic mass is 10.1. The van der Waals surface area contributed by atoms with E-state index in [0.29, 0.717) is 17.2 Å². The van der Waals surface area contributed by atoms with E-state index in [1.54, 1.807) is 0 Å². The third-order valence-electron chi connectivity index (χ3n) is 2.24. The maximum Gasteiger partial charge on any atom is 0.337 e. The Hall–Kier alpha value is -1.95. The molecule has 1 rings (SSSR count). The molecule has 0 aromatic heterocycles. The van der Waals surface area contributed by atoms with Crippen molar-refractivity contribution in [1.29, 1.82) is 0 Å². The Bertz CT molecular complexity index is 389. The summed E-state index contributed by atoms with van der Waals surface area (Å²) in [5, 5.41) is 18.2. The molecule has 0 aliphatic rings. The summed E-state index contributed by atoms with van der Waals surface area (Å²) in [5.41, 5.74) is 0.159. The van der Waals surface area contributed by atoms with Crippen molar-refractivity contribution < 1.29 is 29.2 Å².